The van der Waals surface area contributed by atoms with Crippen molar-refractivity contribution in [3.63, 3.8) is 0 Å². The van der Waals surface area contributed by atoms with Gasteiger partial charge in [0.1, 0.15) is 11.6 Å². The lowest BCUT2D eigenvalue weighted by molar-refractivity contribution is 0.477. The highest BCUT2D eigenvalue weighted by Crippen LogP contribution is 2.32. The number of phenols is 1. The first-order valence-electron chi connectivity index (χ1n) is 8.55. The van der Waals surface area contributed by atoms with Crippen molar-refractivity contribution >= 4 is 33.4 Å². The number of nitrogens with one attached hydrogen (secondary N) is 2. The molecule has 0 saturated heterocycles. The van der Waals surface area contributed by atoms with Gasteiger partial charge in [-0.2, -0.15) is 5.10 Å². The SMILES string of the molecule is Oc1ccccc1-c1nc(Nc2n[nH]c3ccccc23)c2ccccc2n1. The number of benzene rings is 3. The monoisotopic (exact) mass is 353 g/mol. The molecular weight excluding hydrogens is 338 g/mol. The van der Waals surface area contributed by atoms with Gasteiger partial charge in [-0.1, -0.05) is 36.4 Å². The van der Waals surface area contributed by atoms with E-state index in [9.17, 15) is 5.11 Å². The number of para-hydroxylation sites is 3. The summed E-state index contributed by atoms with van der Waals surface area (Å²) in [5.41, 5.74) is 2.31. The molecule has 0 atom stereocenters. The van der Waals surface area contributed by atoms with Crippen LogP contribution in [-0.4, -0.2) is 25.3 Å². The lowest BCUT2D eigenvalue weighted by Crippen LogP contribution is -2.00. The minimum atomic E-state index is 0.143. The highest BCUT2D eigenvalue weighted by Gasteiger charge is 2.14. The van der Waals surface area contributed by atoms with Gasteiger partial charge in [0, 0.05) is 10.8 Å². The minimum Gasteiger partial charge on any atom is -0.507 e. The van der Waals surface area contributed by atoms with Gasteiger partial charge in [-0.25, -0.2) is 9.97 Å². The van der Waals surface area contributed by atoms with Crippen molar-refractivity contribution in [1.82, 2.24) is 20.2 Å². The lowest BCUT2D eigenvalue weighted by atomic mass is 10.1. The molecule has 0 aliphatic rings. The Morgan fingerprint density at radius 3 is 2.37 bits per heavy atom. The number of H-pyrrole nitrogens is 1. The van der Waals surface area contributed by atoms with Crippen LogP contribution in [0.4, 0.5) is 11.6 Å². The molecule has 0 bridgehead atoms. The van der Waals surface area contributed by atoms with E-state index in [-0.39, 0.29) is 5.75 Å². The van der Waals surface area contributed by atoms with Crippen LogP contribution in [0.25, 0.3) is 33.2 Å². The van der Waals surface area contributed by atoms with E-state index in [0.717, 1.165) is 21.8 Å². The summed E-state index contributed by atoms with van der Waals surface area (Å²) in [6.45, 7) is 0. The van der Waals surface area contributed by atoms with Crippen molar-refractivity contribution in [1.29, 1.82) is 0 Å². The van der Waals surface area contributed by atoms with E-state index in [4.69, 9.17) is 0 Å². The highest BCUT2D eigenvalue weighted by molar-refractivity contribution is 5.96. The number of phenolic OH excluding ortho intramolecular Hbond substituents is 1. The number of hydrogen-bond acceptors (Lipinski definition) is 5. The second-order valence-electron chi connectivity index (χ2n) is 6.17. The van der Waals surface area contributed by atoms with Crippen LogP contribution in [0.3, 0.4) is 0 Å². The van der Waals surface area contributed by atoms with Gasteiger partial charge in [-0.15, -0.1) is 0 Å². The predicted octanol–water partition coefficient (Wildman–Crippen LogP) is 4.62. The normalized spacial score (nSPS) is 11.1. The van der Waals surface area contributed by atoms with Crippen LogP contribution >= 0.6 is 0 Å². The summed E-state index contributed by atoms with van der Waals surface area (Å²) < 4.78 is 0. The molecule has 27 heavy (non-hydrogen) atoms. The van der Waals surface area contributed by atoms with Gasteiger partial charge in [-0.05, 0) is 36.4 Å². The molecular formula is C21H15N5O. The van der Waals surface area contributed by atoms with Gasteiger partial charge in [0.25, 0.3) is 0 Å². The molecule has 130 valence electrons. The molecule has 0 fully saturated rings. The number of aromatic hydroxyl groups is 1. The van der Waals surface area contributed by atoms with Crippen molar-refractivity contribution in [2.24, 2.45) is 0 Å². The molecule has 5 rings (SSSR count). The van der Waals surface area contributed by atoms with Crippen LogP contribution in [0.5, 0.6) is 5.75 Å². The zero-order valence-corrected chi connectivity index (χ0v) is 14.2. The van der Waals surface area contributed by atoms with Crippen LogP contribution in [0.2, 0.25) is 0 Å². The first kappa shape index (κ1) is 15.3. The Balaban J connectivity index is 1.70. The van der Waals surface area contributed by atoms with Crippen LogP contribution < -0.4 is 5.32 Å². The van der Waals surface area contributed by atoms with Gasteiger partial charge in [0.15, 0.2) is 11.6 Å². The zero-order chi connectivity index (χ0) is 18.2. The first-order valence-corrected chi connectivity index (χ1v) is 8.55. The molecule has 3 aromatic carbocycles. The number of nitrogens with zero attached hydrogens (tertiary/aromatic N) is 3. The van der Waals surface area contributed by atoms with Gasteiger partial charge in [-0.3, -0.25) is 5.10 Å². The maximum absolute atomic E-state index is 10.2. The fourth-order valence-corrected chi connectivity index (χ4v) is 3.13. The Morgan fingerprint density at radius 1 is 0.741 bits per heavy atom. The Hall–Kier alpha value is -3.93. The summed E-state index contributed by atoms with van der Waals surface area (Å²) in [6.07, 6.45) is 0. The Labute approximate surface area is 154 Å². The summed E-state index contributed by atoms with van der Waals surface area (Å²) in [7, 11) is 0. The molecule has 3 N–H and O–H groups in total. The van der Waals surface area contributed by atoms with Crippen LogP contribution in [0, 0.1) is 0 Å². The Kier molecular flexibility index (Phi) is 3.47. The van der Waals surface area contributed by atoms with E-state index in [0.29, 0.717) is 23.0 Å². The second kappa shape index (κ2) is 6.10. The van der Waals surface area contributed by atoms with E-state index in [1.54, 1.807) is 18.2 Å². The van der Waals surface area contributed by atoms with Crippen LogP contribution in [-0.2, 0) is 0 Å². The van der Waals surface area contributed by atoms with Gasteiger partial charge >= 0.3 is 0 Å². The molecule has 0 aliphatic heterocycles. The number of anilines is 2. The molecule has 0 radical (unpaired) electrons. The smallest absolute Gasteiger partial charge is 0.165 e. The van der Waals surface area contributed by atoms with Gasteiger partial charge in [0.05, 0.1) is 16.6 Å². The van der Waals surface area contributed by atoms with E-state index in [1.807, 2.05) is 54.6 Å². The van der Waals surface area contributed by atoms with Crippen molar-refractivity contribution in [3.8, 4) is 17.1 Å². The van der Waals surface area contributed by atoms with Gasteiger partial charge < -0.3 is 10.4 Å². The van der Waals surface area contributed by atoms with E-state index >= 15 is 0 Å². The quantitative estimate of drug-likeness (QED) is 0.440. The third-order valence-corrected chi connectivity index (χ3v) is 4.46. The number of aromatic amines is 1. The van der Waals surface area contributed by atoms with Gasteiger partial charge in [0.2, 0.25) is 0 Å². The van der Waals surface area contributed by atoms with Crippen LogP contribution in [0.1, 0.15) is 0 Å². The molecule has 2 heterocycles. The molecule has 0 spiro atoms. The topological polar surface area (TPSA) is 86.7 Å². The molecule has 0 aliphatic carbocycles. The standard InChI is InChI=1S/C21H15N5O/c27-18-12-6-3-9-15(18)20-22-16-10-4-1-7-13(16)19(23-20)24-21-14-8-2-5-11-17(14)25-26-21/h1-12,27H,(H2,22,23,24,25,26). The Morgan fingerprint density at radius 2 is 1.48 bits per heavy atom. The van der Waals surface area contributed by atoms with Crippen molar-refractivity contribution in [3.05, 3.63) is 72.8 Å². The average molecular weight is 353 g/mol. The maximum Gasteiger partial charge on any atom is 0.165 e. The van der Waals surface area contributed by atoms with E-state index < -0.39 is 0 Å². The first-order chi connectivity index (χ1) is 13.3. The zero-order valence-electron chi connectivity index (χ0n) is 14.2. The molecule has 6 nitrogen and oxygen atoms in total. The summed E-state index contributed by atoms with van der Waals surface area (Å²) in [5, 5.41) is 22.8. The molecule has 6 heteroatoms. The second-order valence-corrected chi connectivity index (χ2v) is 6.17. The van der Waals surface area contributed by atoms with Crippen molar-refractivity contribution in [2.75, 3.05) is 5.32 Å². The van der Waals surface area contributed by atoms with Crippen molar-refractivity contribution in [2.45, 2.75) is 0 Å². The van der Waals surface area contributed by atoms with Crippen LogP contribution in [0.15, 0.2) is 72.8 Å². The largest absolute Gasteiger partial charge is 0.507 e. The molecule has 0 unspecified atom stereocenters. The number of rotatable bonds is 3. The summed E-state index contributed by atoms with van der Waals surface area (Å²) >= 11 is 0. The molecule has 5 aromatic rings. The number of aromatic nitrogens is 4. The third-order valence-electron chi connectivity index (χ3n) is 4.46. The summed E-state index contributed by atoms with van der Waals surface area (Å²) in [4.78, 5) is 9.30. The van der Waals surface area contributed by atoms with E-state index in [1.165, 1.54) is 0 Å². The predicted molar refractivity (Wildman–Crippen MR) is 106 cm³/mol. The maximum atomic E-state index is 10.2. The fraction of sp³-hybridized carbons (Fsp3) is 0. The minimum absolute atomic E-state index is 0.143. The lowest BCUT2D eigenvalue weighted by Gasteiger charge is -2.10. The highest BCUT2D eigenvalue weighted by atomic mass is 16.3. The third kappa shape index (κ3) is 2.64. The fourth-order valence-electron chi connectivity index (χ4n) is 3.13. The number of fused-ring (bicyclic) bond motifs is 2. The molecule has 0 saturated carbocycles. The molecule has 0 amide bonds. The number of hydrogen-bond donors (Lipinski definition) is 3. The molecule has 2 aromatic heterocycles. The Bertz CT molecular complexity index is 1280. The summed E-state index contributed by atoms with van der Waals surface area (Å²) in [6, 6.07) is 22.7. The summed E-state index contributed by atoms with van der Waals surface area (Å²) in [5.74, 6) is 1.92. The average Bonchev–Trinajstić information content (AvgIpc) is 3.11. The van der Waals surface area contributed by atoms with Crippen molar-refractivity contribution < 1.29 is 5.11 Å². The van der Waals surface area contributed by atoms with E-state index in [2.05, 4.69) is 25.5 Å².